The van der Waals surface area contributed by atoms with Crippen molar-refractivity contribution in [1.29, 1.82) is 0 Å². The molecule has 1 fully saturated rings. The molecule has 0 unspecified atom stereocenters. The van der Waals surface area contributed by atoms with Gasteiger partial charge in [-0.1, -0.05) is 5.16 Å². The molecule has 2 heterocycles. The summed E-state index contributed by atoms with van der Waals surface area (Å²) >= 11 is 0. The molecule has 1 amide bonds. The van der Waals surface area contributed by atoms with Gasteiger partial charge >= 0.3 is 0 Å². The lowest BCUT2D eigenvalue weighted by atomic mass is 9.92. The zero-order valence-electron chi connectivity index (χ0n) is 12.0. The number of aromatic nitrogens is 1. The maximum Gasteiger partial charge on any atom is 0.256 e. The van der Waals surface area contributed by atoms with Gasteiger partial charge < -0.3 is 19.7 Å². The van der Waals surface area contributed by atoms with Crippen LogP contribution in [0.4, 0.5) is 0 Å². The average Bonchev–Trinajstić information content (AvgIpc) is 2.79. The third-order valence-corrected chi connectivity index (χ3v) is 3.80. The minimum absolute atomic E-state index is 0.194. The van der Waals surface area contributed by atoms with E-state index in [0.29, 0.717) is 43.2 Å². The molecule has 1 saturated heterocycles. The highest BCUT2D eigenvalue weighted by Gasteiger charge is 2.22. The Balaban J connectivity index is 1.76. The molecule has 0 aromatic carbocycles. The van der Waals surface area contributed by atoms with E-state index >= 15 is 0 Å². The van der Waals surface area contributed by atoms with Crippen molar-refractivity contribution in [3.05, 3.63) is 17.0 Å². The van der Waals surface area contributed by atoms with Gasteiger partial charge in [-0.15, -0.1) is 0 Å². The fourth-order valence-electron chi connectivity index (χ4n) is 2.57. The topological polar surface area (TPSA) is 84.6 Å². The van der Waals surface area contributed by atoms with Crippen LogP contribution in [0.2, 0.25) is 0 Å². The summed E-state index contributed by atoms with van der Waals surface area (Å²) in [7, 11) is 0. The van der Waals surface area contributed by atoms with Crippen molar-refractivity contribution in [3.63, 3.8) is 0 Å². The number of hydrogen-bond donors (Lipinski definition) is 2. The molecule has 20 heavy (non-hydrogen) atoms. The van der Waals surface area contributed by atoms with Gasteiger partial charge in [-0.3, -0.25) is 4.79 Å². The van der Waals surface area contributed by atoms with E-state index in [1.807, 2.05) is 0 Å². The largest absolute Gasteiger partial charge is 0.393 e. The van der Waals surface area contributed by atoms with E-state index < -0.39 is 0 Å². The van der Waals surface area contributed by atoms with Gasteiger partial charge in [0.25, 0.3) is 5.91 Å². The van der Waals surface area contributed by atoms with Crippen LogP contribution in [0, 0.1) is 19.8 Å². The van der Waals surface area contributed by atoms with E-state index in [0.717, 1.165) is 12.8 Å². The van der Waals surface area contributed by atoms with Crippen molar-refractivity contribution in [2.75, 3.05) is 19.8 Å². The lowest BCUT2D eigenvalue weighted by molar-refractivity contribution is 0.00528. The van der Waals surface area contributed by atoms with E-state index in [9.17, 15) is 9.90 Å². The van der Waals surface area contributed by atoms with E-state index in [-0.39, 0.29) is 17.9 Å². The van der Waals surface area contributed by atoms with E-state index in [4.69, 9.17) is 9.26 Å². The first-order valence-electron chi connectivity index (χ1n) is 7.06. The van der Waals surface area contributed by atoms with Crippen LogP contribution in [-0.2, 0) is 4.74 Å². The highest BCUT2D eigenvalue weighted by molar-refractivity contribution is 5.96. The van der Waals surface area contributed by atoms with E-state index in [2.05, 4.69) is 10.5 Å². The van der Waals surface area contributed by atoms with Gasteiger partial charge in [0.15, 0.2) is 0 Å². The fourth-order valence-corrected chi connectivity index (χ4v) is 2.57. The molecule has 6 nitrogen and oxygen atoms in total. The lowest BCUT2D eigenvalue weighted by Gasteiger charge is -2.26. The molecule has 2 rings (SSSR count). The van der Waals surface area contributed by atoms with Gasteiger partial charge in [0.05, 0.1) is 11.8 Å². The van der Waals surface area contributed by atoms with Crippen LogP contribution in [0.1, 0.15) is 41.1 Å². The van der Waals surface area contributed by atoms with Crippen LogP contribution in [0.15, 0.2) is 4.52 Å². The Morgan fingerprint density at radius 3 is 2.75 bits per heavy atom. The summed E-state index contributed by atoms with van der Waals surface area (Å²) in [5.41, 5.74) is 1.08. The summed E-state index contributed by atoms with van der Waals surface area (Å²) in [6.45, 7) is 5.33. The van der Waals surface area contributed by atoms with E-state index in [1.165, 1.54) is 0 Å². The number of ether oxygens (including phenoxy) is 1. The Labute approximate surface area is 118 Å². The second-order valence-electron chi connectivity index (χ2n) is 5.26. The summed E-state index contributed by atoms with van der Waals surface area (Å²) in [6.07, 6.45) is 1.95. The zero-order chi connectivity index (χ0) is 14.5. The number of aryl methyl sites for hydroxylation is 2. The predicted octanol–water partition coefficient (Wildman–Crippen LogP) is 1.20. The normalized spacial score (nSPS) is 17.9. The van der Waals surface area contributed by atoms with Gasteiger partial charge in [-0.05, 0) is 39.0 Å². The molecule has 0 aliphatic carbocycles. The van der Waals surface area contributed by atoms with Gasteiger partial charge in [0.2, 0.25) is 0 Å². The number of nitrogens with zero attached hydrogens (tertiary/aromatic N) is 1. The zero-order valence-corrected chi connectivity index (χ0v) is 12.0. The molecule has 0 saturated carbocycles. The van der Waals surface area contributed by atoms with Gasteiger partial charge in [0, 0.05) is 19.8 Å². The molecular formula is C14H22N2O4. The molecule has 6 heteroatoms. The molecular weight excluding hydrogens is 260 g/mol. The Morgan fingerprint density at radius 2 is 2.15 bits per heavy atom. The van der Waals surface area contributed by atoms with Crippen molar-refractivity contribution >= 4 is 5.91 Å². The average molecular weight is 282 g/mol. The predicted molar refractivity (Wildman–Crippen MR) is 72.5 cm³/mol. The summed E-state index contributed by atoms with van der Waals surface area (Å²) in [6, 6.07) is 0. The molecule has 2 N–H and O–H groups in total. The first kappa shape index (κ1) is 15.0. The third-order valence-electron chi connectivity index (χ3n) is 3.80. The molecule has 1 aliphatic heterocycles. The van der Waals surface area contributed by atoms with Crippen LogP contribution in [0.3, 0.4) is 0 Å². The second-order valence-corrected chi connectivity index (χ2v) is 5.26. The smallest absolute Gasteiger partial charge is 0.256 e. The van der Waals surface area contributed by atoms with Crippen LogP contribution < -0.4 is 5.32 Å². The molecule has 1 aromatic heterocycles. The number of nitrogens with one attached hydrogen (secondary N) is 1. The molecule has 112 valence electrons. The Hall–Kier alpha value is -1.40. The molecule has 0 bridgehead atoms. The number of hydrogen-bond acceptors (Lipinski definition) is 5. The van der Waals surface area contributed by atoms with Crippen LogP contribution in [-0.4, -0.2) is 42.0 Å². The van der Waals surface area contributed by atoms with Gasteiger partial charge in [-0.25, -0.2) is 0 Å². The standard InChI is InChI=1S/C14H22N2O4/c1-9-13(10(2)20-16-9)14(18)15-6-3-12(17)11-4-7-19-8-5-11/h11-12,17H,3-8H2,1-2H3,(H,15,18)/t12-/m1/s1. The first-order valence-corrected chi connectivity index (χ1v) is 7.06. The molecule has 0 spiro atoms. The SMILES string of the molecule is Cc1noc(C)c1C(=O)NCC[C@@H](O)C1CCOCC1. The van der Waals surface area contributed by atoms with Crippen molar-refractivity contribution in [1.82, 2.24) is 10.5 Å². The second kappa shape index (κ2) is 6.85. The highest BCUT2D eigenvalue weighted by atomic mass is 16.5. The number of carbonyl (C=O) groups is 1. The number of aliphatic hydroxyl groups excluding tert-OH is 1. The van der Waals surface area contributed by atoms with Crippen LogP contribution in [0.5, 0.6) is 0 Å². The third kappa shape index (κ3) is 3.58. The quantitative estimate of drug-likeness (QED) is 0.847. The monoisotopic (exact) mass is 282 g/mol. The fraction of sp³-hybridized carbons (Fsp3) is 0.714. The molecule has 0 radical (unpaired) electrons. The Kier molecular flexibility index (Phi) is 5.14. The maximum absolute atomic E-state index is 12.0. The van der Waals surface area contributed by atoms with Gasteiger partial charge in [-0.2, -0.15) is 0 Å². The summed E-state index contributed by atoms with van der Waals surface area (Å²) in [5.74, 6) is 0.602. The lowest BCUT2D eigenvalue weighted by Crippen LogP contribution is -2.32. The Bertz CT molecular complexity index is 433. The first-order chi connectivity index (χ1) is 9.59. The maximum atomic E-state index is 12.0. The Morgan fingerprint density at radius 1 is 1.45 bits per heavy atom. The van der Waals surface area contributed by atoms with Crippen molar-refractivity contribution < 1.29 is 19.2 Å². The molecule has 1 aromatic rings. The summed E-state index contributed by atoms with van der Waals surface area (Å²) in [5, 5.41) is 16.7. The van der Waals surface area contributed by atoms with Crippen LogP contribution >= 0.6 is 0 Å². The molecule has 1 aliphatic rings. The van der Waals surface area contributed by atoms with Crippen LogP contribution in [0.25, 0.3) is 0 Å². The summed E-state index contributed by atoms with van der Waals surface area (Å²) in [4.78, 5) is 12.0. The number of aliphatic hydroxyl groups is 1. The summed E-state index contributed by atoms with van der Waals surface area (Å²) < 4.78 is 10.2. The minimum Gasteiger partial charge on any atom is -0.393 e. The number of amides is 1. The minimum atomic E-state index is -0.385. The highest BCUT2D eigenvalue weighted by Crippen LogP contribution is 2.20. The number of rotatable bonds is 5. The van der Waals surface area contributed by atoms with E-state index in [1.54, 1.807) is 13.8 Å². The van der Waals surface area contributed by atoms with Crippen molar-refractivity contribution in [2.45, 2.75) is 39.2 Å². The molecule has 1 atom stereocenters. The number of carbonyl (C=O) groups excluding carboxylic acids is 1. The van der Waals surface area contributed by atoms with Crippen molar-refractivity contribution in [2.24, 2.45) is 5.92 Å². The van der Waals surface area contributed by atoms with Gasteiger partial charge in [0.1, 0.15) is 11.3 Å². The van der Waals surface area contributed by atoms with Crippen molar-refractivity contribution in [3.8, 4) is 0 Å².